The van der Waals surface area contributed by atoms with Gasteiger partial charge in [0.25, 0.3) is 0 Å². The summed E-state index contributed by atoms with van der Waals surface area (Å²) < 4.78 is 0. The molecule has 0 amide bonds. The predicted octanol–water partition coefficient (Wildman–Crippen LogP) is -1.71. The van der Waals surface area contributed by atoms with E-state index in [0.717, 1.165) is 0 Å². The number of carboxylic acids is 3. The molecule has 0 aliphatic heterocycles. The Morgan fingerprint density at radius 1 is 1.07 bits per heavy atom. The van der Waals surface area contributed by atoms with Gasteiger partial charge >= 0.3 is 17.9 Å². The molecule has 7 N–H and O–H groups in total. The summed E-state index contributed by atoms with van der Waals surface area (Å²) in [5.41, 5.74) is 9.67. The molecular weight excluding hydrogens is 208 g/mol. The van der Waals surface area contributed by atoms with Crippen LogP contribution in [0.15, 0.2) is 0 Å². The molecule has 15 heavy (non-hydrogen) atoms. The zero-order chi connectivity index (χ0) is 12.6. The fourth-order valence-electron chi connectivity index (χ4n) is 0.275. The Balaban J connectivity index is 0. The Morgan fingerprint density at radius 3 is 1.47 bits per heavy atom. The highest BCUT2D eigenvalue weighted by molar-refractivity contribution is 5.80. The molecule has 0 fully saturated rings. The number of carbonyl (C=O) groups is 3. The van der Waals surface area contributed by atoms with Gasteiger partial charge in [-0.1, -0.05) is 0 Å². The largest absolute Gasteiger partial charge is 0.481 e. The lowest BCUT2D eigenvalue weighted by Gasteiger charge is -1.99. The summed E-state index contributed by atoms with van der Waals surface area (Å²) in [6.07, 6.45) is -0.532. The van der Waals surface area contributed by atoms with Crippen LogP contribution < -0.4 is 11.5 Å². The quantitative estimate of drug-likeness (QED) is 0.375. The second-order valence-electron chi connectivity index (χ2n) is 2.67. The molecule has 0 spiro atoms. The first-order valence-electron chi connectivity index (χ1n) is 3.87. The van der Waals surface area contributed by atoms with Crippen molar-refractivity contribution in [1.82, 2.24) is 0 Å². The molecule has 8 nitrogen and oxygen atoms in total. The number of aliphatic carboxylic acids is 3. The summed E-state index contributed by atoms with van der Waals surface area (Å²) in [7, 11) is 0. The lowest BCUT2D eigenvalue weighted by molar-refractivity contribution is -0.144. The number of rotatable bonds is 4. The zero-order valence-corrected chi connectivity index (χ0v) is 8.08. The molecule has 2 atom stereocenters. The molecule has 2 unspecified atom stereocenters. The molecule has 0 aromatic rings. The fraction of sp³-hybridized carbons (Fsp3) is 0.571. The van der Waals surface area contributed by atoms with E-state index in [9.17, 15) is 14.4 Å². The molecule has 0 aliphatic carbocycles. The monoisotopic (exact) mass is 222 g/mol. The van der Waals surface area contributed by atoms with Gasteiger partial charge < -0.3 is 26.8 Å². The summed E-state index contributed by atoms with van der Waals surface area (Å²) in [4.78, 5) is 29.2. The molecule has 0 radical (unpaired) electrons. The van der Waals surface area contributed by atoms with Crippen LogP contribution in [0.5, 0.6) is 0 Å². The Bertz CT molecular complexity index is 240. The van der Waals surface area contributed by atoms with Crippen LogP contribution in [0.25, 0.3) is 0 Å². The highest BCUT2D eigenvalue weighted by Gasteiger charge is 2.14. The minimum absolute atomic E-state index is 0.532. The topological polar surface area (TPSA) is 164 Å². The lowest BCUT2D eigenvalue weighted by atomic mass is 10.2. The van der Waals surface area contributed by atoms with Crippen LogP contribution in [0.4, 0.5) is 0 Å². The van der Waals surface area contributed by atoms with E-state index < -0.39 is 36.4 Å². The summed E-state index contributed by atoms with van der Waals surface area (Å²) in [5.74, 6) is -3.46. The fourth-order valence-corrected chi connectivity index (χ4v) is 0.275. The molecule has 0 saturated heterocycles. The third kappa shape index (κ3) is 12.3. The predicted molar refractivity (Wildman–Crippen MR) is 49.1 cm³/mol. The average molecular weight is 222 g/mol. The Kier molecular flexibility index (Phi) is 8.11. The maximum Gasteiger partial charge on any atom is 0.321 e. The van der Waals surface area contributed by atoms with Gasteiger partial charge in [0.1, 0.15) is 12.1 Å². The van der Waals surface area contributed by atoms with Crippen LogP contribution in [-0.2, 0) is 14.4 Å². The van der Waals surface area contributed by atoms with Crippen LogP contribution in [0.3, 0.4) is 0 Å². The van der Waals surface area contributed by atoms with E-state index >= 15 is 0 Å². The Hall–Kier alpha value is -1.67. The number of nitrogens with two attached hydrogens (primary N) is 2. The molecule has 0 aromatic carbocycles. The van der Waals surface area contributed by atoms with E-state index in [0.29, 0.717) is 0 Å². The summed E-state index contributed by atoms with van der Waals surface area (Å²) >= 11 is 0. The van der Waals surface area contributed by atoms with Crippen LogP contribution in [0, 0.1) is 0 Å². The van der Waals surface area contributed by atoms with E-state index in [4.69, 9.17) is 26.8 Å². The van der Waals surface area contributed by atoms with Gasteiger partial charge in [-0.15, -0.1) is 0 Å². The zero-order valence-electron chi connectivity index (χ0n) is 8.08. The first-order valence-corrected chi connectivity index (χ1v) is 3.87. The van der Waals surface area contributed by atoms with Crippen molar-refractivity contribution in [3.63, 3.8) is 0 Å². The van der Waals surface area contributed by atoms with Gasteiger partial charge in [-0.05, 0) is 6.92 Å². The van der Waals surface area contributed by atoms with Crippen molar-refractivity contribution in [2.75, 3.05) is 0 Å². The SMILES string of the molecule is CC(N)C(=O)O.NC(CC(=O)O)C(=O)O. The van der Waals surface area contributed by atoms with Gasteiger partial charge in [0.15, 0.2) is 0 Å². The highest BCUT2D eigenvalue weighted by atomic mass is 16.4. The maximum atomic E-state index is 9.85. The molecule has 0 rings (SSSR count). The number of carboxylic acid groups (broad SMARTS) is 3. The highest BCUT2D eigenvalue weighted by Crippen LogP contribution is 1.86. The van der Waals surface area contributed by atoms with Crippen molar-refractivity contribution in [2.45, 2.75) is 25.4 Å². The first-order chi connectivity index (χ1) is 6.68. The molecule has 0 aliphatic rings. The summed E-state index contributed by atoms with van der Waals surface area (Å²) in [5, 5.41) is 23.9. The van der Waals surface area contributed by atoms with Crippen molar-refractivity contribution in [2.24, 2.45) is 11.5 Å². The van der Waals surface area contributed by atoms with Gasteiger partial charge in [0.2, 0.25) is 0 Å². The average Bonchev–Trinajstić information content (AvgIpc) is 2.03. The third-order valence-electron chi connectivity index (χ3n) is 1.10. The third-order valence-corrected chi connectivity index (χ3v) is 1.10. The summed E-state index contributed by atoms with van der Waals surface area (Å²) in [6, 6.07) is -2.02. The molecule has 8 heteroatoms. The van der Waals surface area contributed by atoms with E-state index in [1.165, 1.54) is 6.92 Å². The van der Waals surface area contributed by atoms with Crippen LogP contribution >= 0.6 is 0 Å². The number of hydrogen-bond donors (Lipinski definition) is 5. The van der Waals surface area contributed by atoms with Gasteiger partial charge in [0, 0.05) is 0 Å². The van der Waals surface area contributed by atoms with Crippen molar-refractivity contribution < 1.29 is 29.7 Å². The molecule has 0 bridgehead atoms. The minimum Gasteiger partial charge on any atom is -0.481 e. The molecule has 0 saturated carbocycles. The smallest absolute Gasteiger partial charge is 0.321 e. The van der Waals surface area contributed by atoms with Gasteiger partial charge in [-0.25, -0.2) is 0 Å². The normalized spacial score (nSPS) is 13.0. The van der Waals surface area contributed by atoms with Crippen molar-refractivity contribution in [3.8, 4) is 0 Å². The lowest BCUT2D eigenvalue weighted by Crippen LogP contribution is -2.32. The second-order valence-corrected chi connectivity index (χ2v) is 2.67. The molecule has 88 valence electrons. The van der Waals surface area contributed by atoms with Gasteiger partial charge in [-0.2, -0.15) is 0 Å². The van der Waals surface area contributed by atoms with Crippen LogP contribution in [0.1, 0.15) is 13.3 Å². The van der Waals surface area contributed by atoms with E-state index in [1.807, 2.05) is 0 Å². The molecule has 0 aromatic heterocycles. The van der Waals surface area contributed by atoms with Crippen molar-refractivity contribution >= 4 is 17.9 Å². The Morgan fingerprint density at radius 2 is 1.40 bits per heavy atom. The second kappa shape index (κ2) is 7.71. The van der Waals surface area contributed by atoms with E-state index in [1.54, 1.807) is 0 Å². The standard InChI is InChI=1S/C4H7NO4.C3H7NO2/c5-2(4(8)9)1-3(6)7;1-2(4)3(5)6/h2H,1,5H2,(H,6,7)(H,8,9);2H,4H2,1H3,(H,5,6). The molecule has 0 heterocycles. The molecular formula is C7H14N2O6. The Labute approximate surface area is 85.5 Å². The number of hydrogen-bond acceptors (Lipinski definition) is 5. The van der Waals surface area contributed by atoms with Gasteiger partial charge in [-0.3, -0.25) is 14.4 Å². The van der Waals surface area contributed by atoms with Crippen molar-refractivity contribution in [3.05, 3.63) is 0 Å². The first kappa shape index (κ1) is 15.8. The summed E-state index contributed by atoms with van der Waals surface area (Å²) in [6.45, 7) is 1.42. The van der Waals surface area contributed by atoms with Crippen LogP contribution in [-0.4, -0.2) is 45.3 Å². The van der Waals surface area contributed by atoms with Crippen LogP contribution in [0.2, 0.25) is 0 Å². The van der Waals surface area contributed by atoms with Crippen molar-refractivity contribution in [1.29, 1.82) is 0 Å². The van der Waals surface area contributed by atoms with E-state index in [-0.39, 0.29) is 0 Å². The van der Waals surface area contributed by atoms with Gasteiger partial charge in [0.05, 0.1) is 6.42 Å². The van der Waals surface area contributed by atoms with E-state index in [2.05, 4.69) is 0 Å². The minimum atomic E-state index is -1.29. The maximum absolute atomic E-state index is 9.85.